The summed E-state index contributed by atoms with van der Waals surface area (Å²) in [5.41, 5.74) is 3.05. The molecule has 1 N–H and O–H groups in total. The smallest absolute Gasteiger partial charge is 0.251 e. The molecule has 0 aromatic heterocycles. The van der Waals surface area contributed by atoms with E-state index in [4.69, 9.17) is 4.74 Å². The lowest BCUT2D eigenvalue weighted by atomic mass is 10.1. The van der Waals surface area contributed by atoms with Crippen molar-refractivity contribution in [3.63, 3.8) is 0 Å². The fourth-order valence-corrected chi connectivity index (χ4v) is 3.09. The van der Waals surface area contributed by atoms with Gasteiger partial charge in [-0.25, -0.2) is 0 Å². The second kappa shape index (κ2) is 8.42. The lowest BCUT2D eigenvalue weighted by Crippen LogP contribution is -2.35. The van der Waals surface area contributed by atoms with Crippen LogP contribution in [0.5, 0.6) is 0 Å². The fourth-order valence-electron chi connectivity index (χ4n) is 2.69. The van der Waals surface area contributed by atoms with E-state index < -0.39 is 0 Å². The maximum Gasteiger partial charge on any atom is 0.251 e. The molecule has 0 spiro atoms. The van der Waals surface area contributed by atoms with E-state index >= 15 is 0 Å². The molecule has 1 heterocycles. The number of hydrogen-bond acceptors (Lipinski definition) is 3. The standard InChI is InChI=1S/C19H21BrN2O2/c20-18-3-1-2-17(12-18)19(23)21-13-15-4-6-16(7-5-15)14-22-8-10-24-11-9-22/h1-7,12H,8-11,13-14H2,(H,21,23). The van der Waals surface area contributed by atoms with Crippen LogP contribution in [0.1, 0.15) is 21.5 Å². The Labute approximate surface area is 150 Å². The first-order valence-corrected chi connectivity index (χ1v) is 8.92. The van der Waals surface area contributed by atoms with Gasteiger partial charge in [-0.2, -0.15) is 0 Å². The predicted octanol–water partition coefficient (Wildman–Crippen LogP) is 3.21. The normalized spacial score (nSPS) is 15.2. The van der Waals surface area contributed by atoms with Crippen LogP contribution in [-0.2, 0) is 17.8 Å². The summed E-state index contributed by atoms with van der Waals surface area (Å²) in [6.45, 7) is 5.10. The van der Waals surface area contributed by atoms with E-state index in [9.17, 15) is 4.79 Å². The molecular weight excluding hydrogens is 368 g/mol. The Morgan fingerprint density at radius 1 is 1.08 bits per heavy atom. The Hall–Kier alpha value is -1.69. The van der Waals surface area contributed by atoms with E-state index in [-0.39, 0.29) is 5.91 Å². The SMILES string of the molecule is O=C(NCc1ccc(CN2CCOCC2)cc1)c1cccc(Br)c1. The first kappa shape index (κ1) is 17.1. The van der Waals surface area contributed by atoms with Gasteiger partial charge < -0.3 is 10.1 Å². The molecule has 0 saturated carbocycles. The van der Waals surface area contributed by atoms with E-state index in [0.717, 1.165) is 42.9 Å². The molecule has 126 valence electrons. The van der Waals surface area contributed by atoms with Crippen molar-refractivity contribution in [1.82, 2.24) is 10.2 Å². The number of carbonyl (C=O) groups is 1. The highest BCUT2D eigenvalue weighted by Gasteiger charge is 2.10. The molecule has 0 atom stereocenters. The molecule has 0 radical (unpaired) electrons. The first-order chi connectivity index (χ1) is 11.7. The quantitative estimate of drug-likeness (QED) is 0.854. The van der Waals surface area contributed by atoms with Gasteiger partial charge in [0.2, 0.25) is 0 Å². The second-order valence-corrected chi connectivity index (χ2v) is 6.81. The molecule has 2 aromatic carbocycles. The van der Waals surface area contributed by atoms with Gasteiger partial charge in [-0.3, -0.25) is 9.69 Å². The minimum Gasteiger partial charge on any atom is -0.379 e. The summed E-state index contributed by atoms with van der Waals surface area (Å²) in [6.07, 6.45) is 0. The van der Waals surface area contributed by atoms with Crippen molar-refractivity contribution < 1.29 is 9.53 Å². The second-order valence-electron chi connectivity index (χ2n) is 5.90. The van der Waals surface area contributed by atoms with Crippen molar-refractivity contribution >= 4 is 21.8 Å². The molecule has 5 heteroatoms. The van der Waals surface area contributed by atoms with Crippen molar-refractivity contribution in [2.24, 2.45) is 0 Å². The summed E-state index contributed by atoms with van der Waals surface area (Å²) in [7, 11) is 0. The molecule has 1 aliphatic heterocycles. The lowest BCUT2D eigenvalue weighted by molar-refractivity contribution is 0.0342. The van der Waals surface area contributed by atoms with Gasteiger partial charge in [-0.1, -0.05) is 46.3 Å². The van der Waals surface area contributed by atoms with Crippen molar-refractivity contribution in [3.8, 4) is 0 Å². The monoisotopic (exact) mass is 388 g/mol. The fraction of sp³-hybridized carbons (Fsp3) is 0.316. The van der Waals surface area contributed by atoms with Crippen LogP contribution in [0, 0.1) is 0 Å². The van der Waals surface area contributed by atoms with E-state index in [1.54, 1.807) is 0 Å². The number of rotatable bonds is 5. The van der Waals surface area contributed by atoms with Gasteiger partial charge in [0.25, 0.3) is 5.91 Å². The van der Waals surface area contributed by atoms with Crippen molar-refractivity contribution in [3.05, 3.63) is 69.7 Å². The molecule has 1 amide bonds. The summed E-state index contributed by atoms with van der Waals surface area (Å²) >= 11 is 3.38. The highest BCUT2D eigenvalue weighted by molar-refractivity contribution is 9.10. The van der Waals surface area contributed by atoms with Crippen LogP contribution >= 0.6 is 15.9 Å². The average molecular weight is 389 g/mol. The number of carbonyl (C=O) groups excluding carboxylic acids is 1. The number of ether oxygens (including phenoxy) is 1. The number of benzene rings is 2. The number of halogens is 1. The summed E-state index contributed by atoms with van der Waals surface area (Å²) in [6, 6.07) is 15.8. The van der Waals surface area contributed by atoms with Gasteiger partial charge in [-0.15, -0.1) is 0 Å². The summed E-state index contributed by atoms with van der Waals surface area (Å²) < 4.78 is 6.28. The van der Waals surface area contributed by atoms with Gasteiger partial charge in [0, 0.05) is 36.2 Å². The third-order valence-corrected chi connectivity index (χ3v) is 4.57. The molecule has 1 fully saturated rings. The average Bonchev–Trinajstić information content (AvgIpc) is 2.62. The Kier molecular flexibility index (Phi) is 6.01. The third kappa shape index (κ3) is 4.90. The first-order valence-electron chi connectivity index (χ1n) is 8.12. The zero-order valence-corrected chi connectivity index (χ0v) is 15.1. The predicted molar refractivity (Wildman–Crippen MR) is 97.9 cm³/mol. The van der Waals surface area contributed by atoms with Crippen molar-refractivity contribution in [2.75, 3.05) is 26.3 Å². The number of amides is 1. The highest BCUT2D eigenvalue weighted by Crippen LogP contribution is 2.12. The molecule has 0 aliphatic carbocycles. The van der Waals surface area contributed by atoms with Gasteiger partial charge in [-0.05, 0) is 29.3 Å². The minimum absolute atomic E-state index is 0.0614. The van der Waals surface area contributed by atoms with Crippen LogP contribution in [-0.4, -0.2) is 37.1 Å². The lowest BCUT2D eigenvalue weighted by Gasteiger charge is -2.26. The Balaban J connectivity index is 1.51. The molecule has 2 aromatic rings. The Morgan fingerprint density at radius 3 is 2.50 bits per heavy atom. The van der Waals surface area contributed by atoms with E-state index in [2.05, 4.69) is 50.4 Å². The van der Waals surface area contributed by atoms with E-state index in [1.807, 2.05) is 24.3 Å². The largest absolute Gasteiger partial charge is 0.379 e. The maximum absolute atomic E-state index is 12.1. The van der Waals surface area contributed by atoms with Gasteiger partial charge in [0.05, 0.1) is 13.2 Å². The zero-order chi connectivity index (χ0) is 16.8. The van der Waals surface area contributed by atoms with Crippen LogP contribution in [0.15, 0.2) is 53.0 Å². The molecule has 3 rings (SSSR count). The molecular formula is C19H21BrN2O2. The maximum atomic E-state index is 12.1. The molecule has 1 aliphatic rings. The number of nitrogens with zero attached hydrogens (tertiary/aromatic N) is 1. The summed E-state index contributed by atoms with van der Waals surface area (Å²) in [5, 5.41) is 2.96. The van der Waals surface area contributed by atoms with E-state index in [0.29, 0.717) is 12.1 Å². The molecule has 24 heavy (non-hydrogen) atoms. The summed E-state index contributed by atoms with van der Waals surface area (Å²) in [5.74, 6) is -0.0614. The van der Waals surface area contributed by atoms with E-state index in [1.165, 1.54) is 5.56 Å². The van der Waals surface area contributed by atoms with Crippen LogP contribution in [0.25, 0.3) is 0 Å². The number of hydrogen-bond donors (Lipinski definition) is 1. The molecule has 0 bridgehead atoms. The number of morpholine rings is 1. The van der Waals surface area contributed by atoms with Crippen LogP contribution in [0.3, 0.4) is 0 Å². The Bertz CT molecular complexity index is 682. The zero-order valence-electron chi connectivity index (χ0n) is 13.5. The van der Waals surface area contributed by atoms with Crippen LogP contribution in [0.2, 0.25) is 0 Å². The van der Waals surface area contributed by atoms with Gasteiger partial charge in [0.1, 0.15) is 0 Å². The van der Waals surface area contributed by atoms with Crippen molar-refractivity contribution in [2.45, 2.75) is 13.1 Å². The third-order valence-electron chi connectivity index (χ3n) is 4.07. The minimum atomic E-state index is -0.0614. The molecule has 4 nitrogen and oxygen atoms in total. The number of nitrogens with one attached hydrogen (secondary N) is 1. The van der Waals surface area contributed by atoms with Gasteiger partial charge in [0.15, 0.2) is 0 Å². The molecule has 0 unspecified atom stereocenters. The molecule has 1 saturated heterocycles. The van der Waals surface area contributed by atoms with Crippen LogP contribution < -0.4 is 5.32 Å². The van der Waals surface area contributed by atoms with Crippen LogP contribution in [0.4, 0.5) is 0 Å². The van der Waals surface area contributed by atoms with Gasteiger partial charge >= 0.3 is 0 Å². The van der Waals surface area contributed by atoms with Crippen molar-refractivity contribution in [1.29, 1.82) is 0 Å². The Morgan fingerprint density at radius 2 is 1.79 bits per heavy atom. The summed E-state index contributed by atoms with van der Waals surface area (Å²) in [4.78, 5) is 14.5. The highest BCUT2D eigenvalue weighted by atomic mass is 79.9. The topological polar surface area (TPSA) is 41.6 Å².